The van der Waals surface area contributed by atoms with Crippen molar-refractivity contribution in [2.75, 3.05) is 6.26 Å². The predicted octanol–water partition coefficient (Wildman–Crippen LogP) is 4.00. The van der Waals surface area contributed by atoms with E-state index in [4.69, 9.17) is 0 Å². The fourth-order valence-corrected chi connectivity index (χ4v) is 4.01. The highest BCUT2D eigenvalue weighted by Gasteiger charge is 2.16. The number of hydrogen-bond donors (Lipinski definition) is 0. The van der Waals surface area contributed by atoms with Gasteiger partial charge in [0.15, 0.2) is 15.6 Å². The van der Waals surface area contributed by atoms with E-state index in [-0.39, 0.29) is 17.2 Å². The Morgan fingerprint density at radius 1 is 0.909 bits per heavy atom. The Morgan fingerprint density at radius 2 is 1.52 bits per heavy atom. The fraction of sp³-hybridized carbons (Fsp3) is 0.0800. The molecule has 0 aliphatic carbocycles. The monoisotopic (exact) mass is 462 g/mol. The van der Waals surface area contributed by atoms with Gasteiger partial charge in [-0.2, -0.15) is 5.10 Å². The largest absolute Gasteiger partial charge is 0.292 e. The summed E-state index contributed by atoms with van der Waals surface area (Å²) >= 11 is 0. The first-order valence-electron chi connectivity index (χ1n) is 9.99. The first-order chi connectivity index (χ1) is 15.7. The van der Waals surface area contributed by atoms with Crippen LogP contribution in [-0.2, 0) is 16.4 Å². The molecule has 0 saturated heterocycles. The van der Waals surface area contributed by atoms with Gasteiger partial charge in [-0.05, 0) is 42.0 Å². The molecule has 0 aliphatic heterocycles. The molecule has 0 atom stereocenters. The van der Waals surface area contributed by atoms with Gasteiger partial charge in [-0.15, -0.1) is 0 Å². The lowest BCUT2D eigenvalue weighted by Crippen LogP contribution is -2.27. The van der Waals surface area contributed by atoms with Crippen LogP contribution in [0.2, 0.25) is 0 Å². The number of carbonyl (C=O) groups is 1. The van der Waals surface area contributed by atoms with Gasteiger partial charge >= 0.3 is 0 Å². The van der Waals surface area contributed by atoms with E-state index in [2.05, 4.69) is 5.10 Å². The lowest BCUT2D eigenvalue weighted by Gasteiger charge is -2.13. The zero-order valence-corrected chi connectivity index (χ0v) is 18.4. The van der Waals surface area contributed by atoms with Crippen LogP contribution in [0.25, 0.3) is 22.4 Å². The number of aromatic nitrogens is 2. The minimum Gasteiger partial charge on any atom is -0.292 e. The third-order valence-corrected chi connectivity index (χ3v) is 6.23. The fourth-order valence-electron chi connectivity index (χ4n) is 3.38. The molecule has 6 nitrogen and oxygen atoms in total. The lowest BCUT2D eigenvalue weighted by molar-refractivity contribution is 0.0966. The Morgan fingerprint density at radius 3 is 2.12 bits per heavy atom. The second kappa shape index (κ2) is 8.91. The van der Waals surface area contributed by atoms with E-state index in [0.717, 1.165) is 10.9 Å². The summed E-state index contributed by atoms with van der Waals surface area (Å²) in [4.78, 5) is 25.6. The normalized spacial score (nSPS) is 11.3. The van der Waals surface area contributed by atoms with Gasteiger partial charge in [0.1, 0.15) is 12.4 Å². The van der Waals surface area contributed by atoms with Crippen LogP contribution in [0.3, 0.4) is 0 Å². The second-order valence-electron chi connectivity index (χ2n) is 7.50. The van der Waals surface area contributed by atoms with Crippen molar-refractivity contribution >= 4 is 15.6 Å². The van der Waals surface area contributed by atoms with Gasteiger partial charge < -0.3 is 0 Å². The molecule has 8 heteroatoms. The topological polar surface area (TPSA) is 86.1 Å². The molecule has 0 spiro atoms. The molecular formula is C25H19FN2O4S. The summed E-state index contributed by atoms with van der Waals surface area (Å²) < 4.78 is 38.2. The predicted molar refractivity (Wildman–Crippen MR) is 123 cm³/mol. The number of rotatable bonds is 6. The molecule has 0 amide bonds. The van der Waals surface area contributed by atoms with Crippen molar-refractivity contribution in [3.05, 3.63) is 107 Å². The average molecular weight is 463 g/mol. The van der Waals surface area contributed by atoms with Gasteiger partial charge in [0.25, 0.3) is 5.56 Å². The van der Waals surface area contributed by atoms with Crippen molar-refractivity contribution in [3.8, 4) is 22.4 Å². The molecule has 0 N–H and O–H groups in total. The van der Waals surface area contributed by atoms with Crippen LogP contribution in [0.1, 0.15) is 10.4 Å². The van der Waals surface area contributed by atoms with Gasteiger partial charge in [-0.25, -0.2) is 17.5 Å². The van der Waals surface area contributed by atoms with E-state index in [9.17, 15) is 22.4 Å². The molecule has 0 fully saturated rings. The van der Waals surface area contributed by atoms with Crippen LogP contribution >= 0.6 is 0 Å². The molecule has 3 aromatic carbocycles. The molecular weight excluding hydrogens is 443 g/mol. The van der Waals surface area contributed by atoms with E-state index in [1.54, 1.807) is 42.5 Å². The quantitative estimate of drug-likeness (QED) is 0.404. The SMILES string of the molecule is CS(=O)(=O)c1ccc(-c2cc(=O)n(CC(=O)c3ccccc3)nc2-c2ccc(F)cc2)cc1. The Hall–Kier alpha value is -3.91. The summed E-state index contributed by atoms with van der Waals surface area (Å²) in [5.74, 6) is -0.703. The number of Topliss-reactive ketones (excluding diaryl/α,β-unsaturated/α-hetero) is 1. The van der Waals surface area contributed by atoms with Crippen LogP contribution in [-0.4, -0.2) is 30.2 Å². The van der Waals surface area contributed by atoms with Gasteiger partial charge in [0.2, 0.25) is 0 Å². The van der Waals surface area contributed by atoms with Crippen molar-refractivity contribution in [2.24, 2.45) is 0 Å². The molecule has 1 heterocycles. The summed E-state index contributed by atoms with van der Waals surface area (Å²) in [5, 5.41) is 4.43. The highest BCUT2D eigenvalue weighted by atomic mass is 32.2. The number of ketones is 1. The number of benzene rings is 3. The third-order valence-electron chi connectivity index (χ3n) is 5.10. The van der Waals surface area contributed by atoms with Crippen LogP contribution < -0.4 is 5.56 Å². The number of nitrogens with zero attached hydrogens (tertiary/aromatic N) is 2. The van der Waals surface area contributed by atoms with E-state index in [1.807, 2.05) is 0 Å². The van der Waals surface area contributed by atoms with Gasteiger partial charge in [0.05, 0.1) is 10.6 Å². The second-order valence-corrected chi connectivity index (χ2v) is 9.51. The van der Waals surface area contributed by atoms with Gasteiger partial charge in [0, 0.05) is 29.0 Å². The minimum atomic E-state index is -3.38. The first-order valence-corrected chi connectivity index (χ1v) is 11.9. The van der Waals surface area contributed by atoms with Gasteiger partial charge in [-0.3, -0.25) is 9.59 Å². The molecule has 0 unspecified atom stereocenters. The summed E-state index contributed by atoms with van der Waals surface area (Å²) in [5.41, 5.74) is 1.87. The molecule has 33 heavy (non-hydrogen) atoms. The van der Waals surface area contributed by atoms with E-state index in [1.165, 1.54) is 42.5 Å². The summed E-state index contributed by atoms with van der Waals surface area (Å²) in [7, 11) is -3.38. The molecule has 4 rings (SSSR count). The zero-order valence-electron chi connectivity index (χ0n) is 17.6. The molecule has 0 aliphatic rings. The first kappa shape index (κ1) is 22.3. The number of carbonyl (C=O) groups excluding carboxylic acids is 1. The Kier molecular flexibility index (Phi) is 6.02. The average Bonchev–Trinajstić information content (AvgIpc) is 2.81. The molecule has 4 aromatic rings. The van der Waals surface area contributed by atoms with Crippen LogP contribution in [0.4, 0.5) is 4.39 Å². The third kappa shape index (κ3) is 4.96. The minimum absolute atomic E-state index is 0.143. The summed E-state index contributed by atoms with van der Waals surface area (Å²) in [6.07, 6.45) is 1.11. The van der Waals surface area contributed by atoms with Crippen molar-refractivity contribution in [1.29, 1.82) is 0 Å². The van der Waals surface area contributed by atoms with Crippen molar-refractivity contribution in [3.63, 3.8) is 0 Å². The maximum Gasteiger partial charge on any atom is 0.267 e. The van der Waals surface area contributed by atoms with E-state index < -0.39 is 21.2 Å². The van der Waals surface area contributed by atoms with Crippen LogP contribution in [0.5, 0.6) is 0 Å². The highest BCUT2D eigenvalue weighted by Crippen LogP contribution is 2.30. The number of halogens is 1. The Balaban J connectivity index is 1.82. The van der Waals surface area contributed by atoms with E-state index >= 15 is 0 Å². The lowest BCUT2D eigenvalue weighted by atomic mass is 10.00. The van der Waals surface area contributed by atoms with Crippen LogP contribution in [0.15, 0.2) is 94.6 Å². The molecule has 166 valence electrons. The number of hydrogen-bond acceptors (Lipinski definition) is 5. The zero-order chi connectivity index (χ0) is 23.6. The molecule has 0 saturated carbocycles. The Bertz CT molecular complexity index is 1480. The standard InChI is InChI=1S/C25H19FN2O4S/c1-33(31,32)21-13-9-17(10-14-21)22-15-24(30)28(16-23(29)18-5-3-2-4-6-18)27-25(22)19-7-11-20(26)12-8-19/h2-15H,16H2,1H3. The van der Waals surface area contributed by atoms with Crippen molar-refractivity contribution < 1.29 is 17.6 Å². The van der Waals surface area contributed by atoms with Crippen LogP contribution in [0, 0.1) is 5.82 Å². The maximum absolute atomic E-state index is 13.5. The van der Waals surface area contributed by atoms with Crippen molar-refractivity contribution in [1.82, 2.24) is 9.78 Å². The molecule has 0 radical (unpaired) electrons. The highest BCUT2D eigenvalue weighted by molar-refractivity contribution is 7.90. The van der Waals surface area contributed by atoms with E-state index in [0.29, 0.717) is 27.9 Å². The van der Waals surface area contributed by atoms with Crippen molar-refractivity contribution in [2.45, 2.75) is 11.4 Å². The van der Waals surface area contributed by atoms with Gasteiger partial charge in [-0.1, -0.05) is 42.5 Å². The Labute approximate surface area is 189 Å². The summed E-state index contributed by atoms with van der Waals surface area (Å²) in [6.45, 7) is -0.260. The smallest absolute Gasteiger partial charge is 0.267 e. The maximum atomic E-state index is 13.5. The molecule has 0 bridgehead atoms. The molecule has 1 aromatic heterocycles. The summed E-state index contributed by atoms with van der Waals surface area (Å²) in [6, 6.07) is 21.6. The number of sulfone groups is 1.